The lowest BCUT2D eigenvalue weighted by atomic mass is 9.91. The number of carbonyl (C=O) groups excluding carboxylic acids is 2. The van der Waals surface area contributed by atoms with E-state index in [1.807, 2.05) is 23.1 Å². The van der Waals surface area contributed by atoms with E-state index in [1.54, 1.807) is 12.1 Å². The normalized spacial score (nSPS) is 21.4. The SMILES string of the molecule is Cc1ccc(C(=O)N2C[C@H]3C[C@H]3[C@H]2CNC(=O)c2cccc3c2OCCO3)c(-c2cccc(C)c2C)c1. The van der Waals surface area contributed by atoms with Crippen molar-refractivity contribution in [3.8, 4) is 22.6 Å². The van der Waals surface area contributed by atoms with Crippen LogP contribution in [0.25, 0.3) is 11.1 Å². The first-order valence-corrected chi connectivity index (χ1v) is 13.1. The fraction of sp³-hybridized carbons (Fsp3) is 0.355. The summed E-state index contributed by atoms with van der Waals surface area (Å²) < 4.78 is 11.4. The van der Waals surface area contributed by atoms with Crippen molar-refractivity contribution < 1.29 is 19.1 Å². The number of likely N-dealkylation sites (tertiary alicyclic amines) is 1. The second-order valence-corrected chi connectivity index (χ2v) is 10.5. The molecule has 3 aromatic carbocycles. The van der Waals surface area contributed by atoms with E-state index in [4.69, 9.17) is 9.47 Å². The quantitative estimate of drug-likeness (QED) is 0.543. The monoisotopic (exact) mass is 496 g/mol. The maximum Gasteiger partial charge on any atom is 0.255 e. The van der Waals surface area contributed by atoms with Crippen molar-refractivity contribution >= 4 is 11.8 Å². The van der Waals surface area contributed by atoms with Gasteiger partial charge in [-0.1, -0.05) is 42.0 Å². The molecule has 6 rings (SSSR count). The van der Waals surface area contributed by atoms with Crippen LogP contribution in [0.3, 0.4) is 0 Å². The number of para-hydroxylation sites is 1. The Labute approximate surface area is 217 Å². The van der Waals surface area contributed by atoms with E-state index in [-0.39, 0.29) is 17.9 Å². The summed E-state index contributed by atoms with van der Waals surface area (Å²) in [4.78, 5) is 29.1. The van der Waals surface area contributed by atoms with Crippen LogP contribution in [0.2, 0.25) is 0 Å². The number of amides is 2. The molecule has 1 aliphatic carbocycles. The predicted molar refractivity (Wildman–Crippen MR) is 142 cm³/mol. The molecule has 3 aliphatic rings. The first-order valence-electron chi connectivity index (χ1n) is 13.1. The van der Waals surface area contributed by atoms with Crippen LogP contribution in [0.5, 0.6) is 11.5 Å². The van der Waals surface area contributed by atoms with Gasteiger partial charge in [0, 0.05) is 18.7 Å². The van der Waals surface area contributed by atoms with Gasteiger partial charge in [0.25, 0.3) is 11.8 Å². The van der Waals surface area contributed by atoms with Gasteiger partial charge in [-0.25, -0.2) is 0 Å². The van der Waals surface area contributed by atoms with E-state index in [0.29, 0.717) is 48.7 Å². The first kappa shape index (κ1) is 23.6. The van der Waals surface area contributed by atoms with Crippen molar-refractivity contribution in [1.82, 2.24) is 10.2 Å². The Kier molecular flexibility index (Phi) is 5.90. The van der Waals surface area contributed by atoms with Gasteiger partial charge in [-0.15, -0.1) is 0 Å². The summed E-state index contributed by atoms with van der Waals surface area (Å²) in [5.74, 6) is 1.87. The first-order chi connectivity index (χ1) is 17.9. The highest BCUT2D eigenvalue weighted by atomic mass is 16.6. The van der Waals surface area contributed by atoms with Crippen LogP contribution in [0, 0.1) is 32.6 Å². The number of rotatable bonds is 5. The Morgan fingerprint density at radius 2 is 1.76 bits per heavy atom. The molecule has 190 valence electrons. The largest absolute Gasteiger partial charge is 0.486 e. The minimum atomic E-state index is -0.203. The number of benzene rings is 3. The molecule has 2 amide bonds. The predicted octanol–water partition coefficient (Wildman–Crippen LogP) is 4.94. The Morgan fingerprint density at radius 3 is 2.62 bits per heavy atom. The van der Waals surface area contributed by atoms with E-state index < -0.39 is 0 Å². The fourth-order valence-corrected chi connectivity index (χ4v) is 5.88. The molecule has 0 aromatic heterocycles. The van der Waals surface area contributed by atoms with Crippen molar-refractivity contribution in [3.63, 3.8) is 0 Å². The van der Waals surface area contributed by atoms with Crippen molar-refractivity contribution in [2.45, 2.75) is 33.2 Å². The molecule has 6 nitrogen and oxygen atoms in total. The third-order valence-corrected chi connectivity index (χ3v) is 8.15. The molecule has 0 unspecified atom stereocenters. The van der Waals surface area contributed by atoms with Crippen LogP contribution in [-0.4, -0.2) is 49.1 Å². The summed E-state index contributed by atoms with van der Waals surface area (Å²) in [5, 5.41) is 3.09. The highest BCUT2D eigenvalue weighted by Gasteiger charge is 2.54. The summed E-state index contributed by atoms with van der Waals surface area (Å²) in [5.41, 5.74) is 6.78. The number of aryl methyl sites for hydroxylation is 2. The zero-order valence-electron chi connectivity index (χ0n) is 21.5. The molecule has 2 fully saturated rings. The van der Waals surface area contributed by atoms with Gasteiger partial charge < -0.3 is 19.7 Å². The molecule has 0 spiro atoms. The highest BCUT2D eigenvalue weighted by molar-refractivity contribution is 6.02. The maximum absolute atomic E-state index is 14.0. The number of hydrogen-bond acceptors (Lipinski definition) is 4. The molecule has 2 aliphatic heterocycles. The van der Waals surface area contributed by atoms with Crippen LogP contribution in [0.1, 0.15) is 43.8 Å². The topological polar surface area (TPSA) is 67.9 Å². The van der Waals surface area contributed by atoms with Crippen LogP contribution in [-0.2, 0) is 0 Å². The second-order valence-electron chi connectivity index (χ2n) is 10.5. The third-order valence-electron chi connectivity index (χ3n) is 8.15. The Balaban J connectivity index is 1.25. The average Bonchev–Trinajstić information content (AvgIpc) is 3.59. The molecular formula is C31H32N2O4. The Morgan fingerprint density at radius 1 is 0.946 bits per heavy atom. The Hall–Kier alpha value is -3.80. The van der Waals surface area contributed by atoms with Gasteiger partial charge in [0.05, 0.1) is 11.6 Å². The molecule has 37 heavy (non-hydrogen) atoms. The average molecular weight is 497 g/mol. The van der Waals surface area contributed by atoms with Crippen molar-refractivity contribution in [1.29, 1.82) is 0 Å². The van der Waals surface area contributed by atoms with Gasteiger partial charge in [-0.2, -0.15) is 0 Å². The lowest BCUT2D eigenvalue weighted by Gasteiger charge is -2.29. The molecule has 2 heterocycles. The van der Waals surface area contributed by atoms with Gasteiger partial charge in [-0.3, -0.25) is 9.59 Å². The molecule has 6 heteroatoms. The van der Waals surface area contributed by atoms with Crippen molar-refractivity contribution in [3.05, 3.63) is 82.4 Å². The zero-order valence-corrected chi connectivity index (χ0v) is 21.5. The maximum atomic E-state index is 14.0. The van der Waals surface area contributed by atoms with Crippen LogP contribution >= 0.6 is 0 Å². The number of carbonyl (C=O) groups is 2. The minimum Gasteiger partial charge on any atom is -0.486 e. The lowest BCUT2D eigenvalue weighted by molar-refractivity contribution is 0.0695. The summed E-state index contributed by atoms with van der Waals surface area (Å²) in [6, 6.07) is 17.7. The van der Waals surface area contributed by atoms with Gasteiger partial charge in [0.1, 0.15) is 13.2 Å². The molecule has 3 atom stereocenters. The lowest BCUT2D eigenvalue weighted by Crippen LogP contribution is -2.45. The van der Waals surface area contributed by atoms with E-state index in [9.17, 15) is 9.59 Å². The number of fused-ring (bicyclic) bond motifs is 2. The third kappa shape index (κ3) is 4.24. The van der Waals surface area contributed by atoms with E-state index in [2.05, 4.69) is 50.4 Å². The number of nitrogens with zero attached hydrogens (tertiary/aromatic N) is 1. The standard InChI is InChI=1S/C31H32N2O4/c1-18-10-11-23(26(14-18)22-7-4-6-19(2)20(22)3)31(35)33-17-21-15-25(21)27(33)16-32-30(34)24-8-5-9-28-29(24)37-13-12-36-28/h4-11,14,21,25,27H,12-13,15-17H2,1-3H3,(H,32,34)/t21-,25-,27-/m1/s1. The number of hydrogen-bond donors (Lipinski definition) is 1. The molecule has 0 bridgehead atoms. The van der Waals surface area contributed by atoms with E-state index in [0.717, 1.165) is 35.2 Å². The van der Waals surface area contributed by atoms with Gasteiger partial charge in [-0.05, 0) is 79.5 Å². The highest BCUT2D eigenvalue weighted by Crippen LogP contribution is 2.50. The van der Waals surface area contributed by atoms with Crippen LogP contribution < -0.4 is 14.8 Å². The number of ether oxygens (including phenoxy) is 2. The number of nitrogens with one attached hydrogen (secondary N) is 1. The summed E-state index contributed by atoms with van der Waals surface area (Å²) >= 11 is 0. The molecule has 1 N–H and O–H groups in total. The van der Waals surface area contributed by atoms with Crippen molar-refractivity contribution in [2.24, 2.45) is 11.8 Å². The molecular weight excluding hydrogens is 464 g/mol. The minimum absolute atomic E-state index is 0.0223. The van der Waals surface area contributed by atoms with E-state index in [1.165, 1.54) is 11.1 Å². The Bertz CT molecular complexity index is 1400. The molecule has 0 radical (unpaired) electrons. The summed E-state index contributed by atoms with van der Waals surface area (Å²) in [6.45, 7) is 8.33. The van der Waals surface area contributed by atoms with Crippen LogP contribution in [0.15, 0.2) is 54.6 Å². The summed E-state index contributed by atoms with van der Waals surface area (Å²) in [6.07, 6.45) is 1.11. The van der Waals surface area contributed by atoms with Crippen molar-refractivity contribution in [2.75, 3.05) is 26.3 Å². The van der Waals surface area contributed by atoms with Gasteiger partial charge in [0.15, 0.2) is 11.5 Å². The smallest absolute Gasteiger partial charge is 0.255 e. The fourth-order valence-electron chi connectivity index (χ4n) is 5.88. The van der Waals surface area contributed by atoms with Gasteiger partial charge in [0.2, 0.25) is 0 Å². The van der Waals surface area contributed by atoms with Gasteiger partial charge >= 0.3 is 0 Å². The van der Waals surface area contributed by atoms with Crippen LogP contribution in [0.4, 0.5) is 0 Å². The molecule has 3 aromatic rings. The summed E-state index contributed by atoms with van der Waals surface area (Å²) in [7, 11) is 0. The molecule has 1 saturated carbocycles. The molecule has 1 saturated heterocycles. The van der Waals surface area contributed by atoms with E-state index >= 15 is 0 Å². The second kappa shape index (κ2) is 9.25. The number of piperidine rings is 1. The zero-order chi connectivity index (χ0) is 25.7.